The molecule has 0 spiro atoms. The summed E-state index contributed by atoms with van der Waals surface area (Å²) in [4.78, 5) is 24.6. The van der Waals surface area contributed by atoms with E-state index in [0.29, 0.717) is 13.2 Å². The molecule has 0 saturated heterocycles. The molecule has 0 fully saturated rings. The number of halogens is 1. The van der Waals surface area contributed by atoms with E-state index in [0.717, 1.165) is 86.0 Å². The van der Waals surface area contributed by atoms with Crippen LogP contribution in [0.2, 0.25) is 0 Å². The van der Waals surface area contributed by atoms with Gasteiger partial charge in [0.25, 0.3) is 0 Å². The first-order valence-electron chi connectivity index (χ1n) is 18.4. The van der Waals surface area contributed by atoms with Gasteiger partial charge < -0.3 is 9.47 Å². The molecule has 0 saturated carbocycles. The second-order valence-electron chi connectivity index (χ2n) is 12.7. The fourth-order valence-corrected chi connectivity index (χ4v) is 7.74. The van der Waals surface area contributed by atoms with Gasteiger partial charge in [0.2, 0.25) is 0 Å². The molecule has 0 aliphatic heterocycles. The van der Waals surface area contributed by atoms with Gasteiger partial charge in [-0.1, -0.05) is 89.2 Å². The van der Waals surface area contributed by atoms with Crippen molar-refractivity contribution in [1.29, 1.82) is 0 Å². The van der Waals surface area contributed by atoms with Gasteiger partial charge >= 0.3 is 11.9 Å². The summed E-state index contributed by atoms with van der Waals surface area (Å²) >= 11 is 7.32. The highest BCUT2D eigenvalue weighted by molar-refractivity contribution is 9.10. The zero-order valence-electron chi connectivity index (χ0n) is 31.4. The molecule has 0 N–H and O–H groups in total. The summed E-state index contributed by atoms with van der Waals surface area (Å²) in [5.41, 5.74) is 7.25. The number of thioether (sulfide) groups is 2. The quantitative estimate of drug-likeness (QED) is 0.0246. The van der Waals surface area contributed by atoms with E-state index >= 15 is 0 Å². The van der Waals surface area contributed by atoms with Gasteiger partial charge in [-0.05, 0) is 144 Å². The standard InChI is InChI=1S/C49H43BrO4S2/c1-4-48(51)53-28-6-8-30-55-45-24-16-37(17-25-45)10-11-40-14-21-41(47(50)34-40)20-13-39-15-23-43-35-42(36(3)32-44(43)33-39)22-12-38-18-26-46(27-19-38)56-31-9-7-29-54-49(52)5-2/h4-5,13-21,23-27,32-35H,1-2,6-9,28-31H2,3H3/b20-13+. The minimum atomic E-state index is -0.369. The minimum absolute atomic E-state index is 0.367. The third-order valence-electron chi connectivity index (χ3n) is 8.50. The fraction of sp³-hybridized carbons (Fsp3) is 0.184. The van der Waals surface area contributed by atoms with E-state index in [4.69, 9.17) is 9.47 Å². The Morgan fingerprint density at radius 2 is 1.18 bits per heavy atom. The smallest absolute Gasteiger partial charge is 0.330 e. The van der Waals surface area contributed by atoms with E-state index in [9.17, 15) is 9.59 Å². The highest BCUT2D eigenvalue weighted by atomic mass is 79.9. The zero-order chi connectivity index (χ0) is 39.5. The van der Waals surface area contributed by atoms with Crippen molar-refractivity contribution in [1.82, 2.24) is 0 Å². The summed E-state index contributed by atoms with van der Waals surface area (Å²) in [6.45, 7) is 9.78. The highest BCUT2D eigenvalue weighted by Crippen LogP contribution is 2.25. The van der Waals surface area contributed by atoms with Gasteiger partial charge in [0, 0.05) is 48.7 Å². The number of fused-ring (bicyclic) bond motifs is 1. The molecule has 4 nitrogen and oxygen atoms in total. The van der Waals surface area contributed by atoms with Crippen LogP contribution in [0.5, 0.6) is 0 Å². The molecule has 5 aromatic rings. The number of esters is 2. The first-order valence-corrected chi connectivity index (χ1v) is 21.2. The molecular formula is C49H43BrO4S2. The van der Waals surface area contributed by atoms with Gasteiger partial charge in [-0.25, -0.2) is 9.59 Å². The zero-order valence-corrected chi connectivity index (χ0v) is 34.7. The maximum Gasteiger partial charge on any atom is 0.330 e. The van der Waals surface area contributed by atoms with Gasteiger partial charge in [0.05, 0.1) is 13.2 Å². The number of benzene rings is 5. The second kappa shape index (κ2) is 22.4. The predicted octanol–water partition coefficient (Wildman–Crippen LogP) is 12.1. The number of unbranched alkanes of at least 4 members (excludes halogenated alkanes) is 2. The van der Waals surface area contributed by atoms with E-state index < -0.39 is 0 Å². The molecule has 0 bridgehead atoms. The van der Waals surface area contributed by atoms with Crippen molar-refractivity contribution in [3.05, 3.63) is 166 Å². The summed E-state index contributed by atoms with van der Waals surface area (Å²) in [6.07, 6.45) is 10.2. The molecule has 5 rings (SSSR count). The summed E-state index contributed by atoms with van der Waals surface area (Å²) in [6, 6.07) is 33.7. The Morgan fingerprint density at radius 1 is 0.625 bits per heavy atom. The van der Waals surface area contributed by atoms with Crippen LogP contribution in [0.3, 0.4) is 0 Å². The van der Waals surface area contributed by atoms with Crippen molar-refractivity contribution in [3.63, 3.8) is 0 Å². The third-order valence-corrected chi connectivity index (χ3v) is 11.4. The van der Waals surface area contributed by atoms with Crippen molar-refractivity contribution >= 4 is 74.3 Å². The lowest BCUT2D eigenvalue weighted by atomic mass is 9.99. The predicted molar refractivity (Wildman–Crippen MR) is 239 cm³/mol. The van der Waals surface area contributed by atoms with Crippen LogP contribution in [-0.2, 0) is 19.1 Å². The first-order chi connectivity index (χ1) is 27.3. The normalized spacial score (nSPS) is 10.6. The number of carbonyl (C=O) groups excluding carboxylic acids is 2. The number of ether oxygens (including phenoxy) is 2. The lowest BCUT2D eigenvalue weighted by molar-refractivity contribution is -0.138. The molecule has 7 heteroatoms. The Hall–Kier alpha value is -5.18. The average molecular weight is 840 g/mol. The molecule has 0 atom stereocenters. The van der Waals surface area contributed by atoms with Crippen LogP contribution in [0.25, 0.3) is 22.9 Å². The van der Waals surface area contributed by atoms with Crippen LogP contribution in [0.4, 0.5) is 0 Å². The van der Waals surface area contributed by atoms with Crippen LogP contribution < -0.4 is 0 Å². The molecule has 0 amide bonds. The number of aryl methyl sites for hydroxylation is 1. The van der Waals surface area contributed by atoms with Gasteiger partial charge in [0.15, 0.2) is 0 Å². The maximum absolute atomic E-state index is 11.1. The number of rotatable bonds is 16. The lowest BCUT2D eigenvalue weighted by Gasteiger charge is -2.05. The van der Waals surface area contributed by atoms with Crippen LogP contribution in [0.1, 0.15) is 64.6 Å². The lowest BCUT2D eigenvalue weighted by Crippen LogP contribution is -2.01. The molecule has 5 aromatic carbocycles. The van der Waals surface area contributed by atoms with Crippen LogP contribution in [-0.4, -0.2) is 36.7 Å². The van der Waals surface area contributed by atoms with E-state index in [2.05, 4.69) is 151 Å². The van der Waals surface area contributed by atoms with E-state index in [-0.39, 0.29) is 11.9 Å². The Morgan fingerprint density at radius 3 is 1.75 bits per heavy atom. The first kappa shape index (κ1) is 42.0. The van der Waals surface area contributed by atoms with Crippen molar-refractivity contribution in [2.75, 3.05) is 24.7 Å². The molecule has 0 unspecified atom stereocenters. The van der Waals surface area contributed by atoms with Crippen LogP contribution in [0.15, 0.2) is 137 Å². The van der Waals surface area contributed by atoms with Crippen LogP contribution in [0, 0.1) is 30.6 Å². The average Bonchev–Trinajstić information content (AvgIpc) is 3.22. The van der Waals surface area contributed by atoms with Crippen molar-refractivity contribution in [3.8, 4) is 23.7 Å². The molecule has 0 aromatic heterocycles. The third kappa shape index (κ3) is 13.8. The van der Waals surface area contributed by atoms with Crippen LogP contribution >= 0.6 is 39.5 Å². The van der Waals surface area contributed by atoms with E-state index in [1.807, 2.05) is 18.2 Å². The van der Waals surface area contributed by atoms with Gasteiger partial charge in [0.1, 0.15) is 0 Å². The van der Waals surface area contributed by atoms with Crippen molar-refractivity contribution in [2.45, 2.75) is 42.4 Å². The molecular weight excluding hydrogens is 797 g/mol. The van der Waals surface area contributed by atoms with Crippen molar-refractivity contribution < 1.29 is 19.1 Å². The molecule has 0 aliphatic rings. The summed E-state index contributed by atoms with van der Waals surface area (Å²) in [7, 11) is 0. The number of hydrogen-bond donors (Lipinski definition) is 0. The fourth-order valence-electron chi connectivity index (χ4n) is 5.40. The second-order valence-corrected chi connectivity index (χ2v) is 15.9. The monoisotopic (exact) mass is 838 g/mol. The molecule has 282 valence electrons. The molecule has 0 radical (unpaired) electrons. The minimum Gasteiger partial charge on any atom is -0.463 e. The van der Waals surface area contributed by atoms with Crippen molar-refractivity contribution in [2.24, 2.45) is 0 Å². The van der Waals surface area contributed by atoms with E-state index in [1.54, 1.807) is 23.5 Å². The van der Waals surface area contributed by atoms with Gasteiger partial charge in [-0.2, -0.15) is 0 Å². The Bertz CT molecular complexity index is 2320. The topological polar surface area (TPSA) is 52.6 Å². The SMILES string of the molecule is C=CC(=O)OCCCCSc1ccc(C#Cc2ccc(/C=C/c3ccc4cc(C#Cc5ccc(SCCCCOC(=O)C=C)cc5)c(C)cc4c3)c(Br)c2)cc1. The Balaban J connectivity index is 1.12. The molecule has 0 aliphatic carbocycles. The van der Waals surface area contributed by atoms with Gasteiger partial charge in [-0.3, -0.25) is 0 Å². The van der Waals surface area contributed by atoms with Gasteiger partial charge in [-0.15, -0.1) is 23.5 Å². The number of carbonyl (C=O) groups is 2. The Labute approximate surface area is 348 Å². The largest absolute Gasteiger partial charge is 0.463 e. The number of hydrogen-bond acceptors (Lipinski definition) is 6. The summed E-state index contributed by atoms with van der Waals surface area (Å²) < 4.78 is 11.0. The molecule has 56 heavy (non-hydrogen) atoms. The Kier molecular flexibility index (Phi) is 16.8. The summed E-state index contributed by atoms with van der Waals surface area (Å²) in [5, 5.41) is 2.33. The molecule has 0 heterocycles. The summed E-state index contributed by atoms with van der Waals surface area (Å²) in [5.74, 6) is 14.5. The van der Waals surface area contributed by atoms with E-state index in [1.165, 1.54) is 27.3 Å². The highest BCUT2D eigenvalue weighted by Gasteiger charge is 2.04. The maximum atomic E-state index is 11.1.